The van der Waals surface area contributed by atoms with Crippen LogP contribution in [0.1, 0.15) is 19.3 Å². The third-order valence-electron chi connectivity index (χ3n) is 4.72. The molecule has 0 saturated carbocycles. The monoisotopic (exact) mass is 269 g/mol. The van der Waals surface area contributed by atoms with E-state index in [-0.39, 0.29) is 0 Å². The topological polar surface area (TPSA) is 9.72 Å². The van der Waals surface area contributed by atoms with E-state index in [2.05, 4.69) is 26.5 Å². The van der Waals surface area contributed by atoms with Gasteiger partial charge in [0.1, 0.15) is 0 Å². The fourth-order valence-corrected chi connectivity index (χ4v) is 4.57. The Bertz CT molecular complexity index is 255. The second-order valence-corrected chi connectivity index (χ2v) is 7.16. The summed E-state index contributed by atoms with van der Waals surface area (Å²) in [5, 5.41) is 0. The summed E-state index contributed by atoms with van der Waals surface area (Å²) in [6.07, 6.45) is 4.26. The van der Waals surface area contributed by atoms with Crippen LogP contribution in [0.5, 0.6) is 0 Å². The zero-order valence-corrected chi connectivity index (χ0v) is 12.3. The number of hydrogen-bond donors (Lipinski definition) is 0. The van der Waals surface area contributed by atoms with E-state index >= 15 is 0 Å². The fraction of sp³-hybridized carbons (Fsp3) is 1.00. The van der Waals surface area contributed by atoms with Crippen LogP contribution in [0.15, 0.2) is 0 Å². The van der Waals surface area contributed by atoms with Gasteiger partial charge in [-0.25, -0.2) is 0 Å². The van der Waals surface area contributed by atoms with Crippen molar-refractivity contribution >= 4 is 11.8 Å². The zero-order valence-electron chi connectivity index (χ0n) is 11.5. The predicted molar refractivity (Wildman–Crippen MR) is 79.4 cm³/mol. The molecular weight excluding hydrogens is 242 g/mol. The molecule has 0 radical (unpaired) electrons. The highest BCUT2D eigenvalue weighted by molar-refractivity contribution is 7.99. The lowest BCUT2D eigenvalue weighted by molar-refractivity contribution is 0.192. The van der Waals surface area contributed by atoms with E-state index in [4.69, 9.17) is 0 Å². The molecule has 3 nitrogen and oxygen atoms in total. The van der Waals surface area contributed by atoms with Gasteiger partial charge >= 0.3 is 0 Å². The number of rotatable bonds is 3. The Labute approximate surface area is 116 Å². The molecule has 0 N–H and O–H groups in total. The molecule has 1 atom stereocenters. The molecule has 0 amide bonds. The first-order valence-corrected chi connectivity index (χ1v) is 8.84. The Kier molecular flexibility index (Phi) is 4.85. The molecule has 0 aromatic carbocycles. The summed E-state index contributed by atoms with van der Waals surface area (Å²) in [5.74, 6) is 2.69. The molecule has 3 aliphatic heterocycles. The molecule has 0 aromatic heterocycles. The van der Waals surface area contributed by atoms with Crippen LogP contribution in [0, 0.1) is 0 Å². The summed E-state index contributed by atoms with van der Waals surface area (Å²) in [4.78, 5) is 8.13. The Morgan fingerprint density at radius 2 is 1.61 bits per heavy atom. The Balaban J connectivity index is 1.43. The third kappa shape index (κ3) is 3.41. The van der Waals surface area contributed by atoms with Crippen molar-refractivity contribution in [2.45, 2.75) is 25.3 Å². The van der Waals surface area contributed by atoms with Crippen LogP contribution in [0.3, 0.4) is 0 Å². The van der Waals surface area contributed by atoms with Gasteiger partial charge in [-0.05, 0) is 38.9 Å². The molecule has 18 heavy (non-hydrogen) atoms. The van der Waals surface area contributed by atoms with Crippen LogP contribution >= 0.6 is 11.8 Å². The quantitative estimate of drug-likeness (QED) is 0.761. The predicted octanol–water partition coefficient (Wildman–Crippen LogP) is 1.21. The summed E-state index contributed by atoms with van der Waals surface area (Å²) in [6.45, 7) is 10.6. The molecular formula is C14H27N3S. The normalized spacial score (nSPS) is 32.3. The molecule has 0 aliphatic carbocycles. The minimum Gasteiger partial charge on any atom is -0.300 e. The highest BCUT2D eigenvalue weighted by atomic mass is 32.2. The van der Waals surface area contributed by atoms with Crippen molar-refractivity contribution in [1.82, 2.24) is 14.7 Å². The molecule has 3 fully saturated rings. The average molecular weight is 269 g/mol. The number of hydrogen-bond acceptors (Lipinski definition) is 4. The van der Waals surface area contributed by atoms with Gasteiger partial charge in [0.15, 0.2) is 0 Å². The van der Waals surface area contributed by atoms with Crippen molar-refractivity contribution in [2.24, 2.45) is 0 Å². The maximum absolute atomic E-state index is 2.73. The summed E-state index contributed by atoms with van der Waals surface area (Å²) in [7, 11) is 0. The lowest BCUT2D eigenvalue weighted by atomic mass is 10.2. The number of fused-ring (bicyclic) bond motifs is 1. The van der Waals surface area contributed by atoms with Gasteiger partial charge in [0.25, 0.3) is 0 Å². The van der Waals surface area contributed by atoms with Crippen LogP contribution in [-0.4, -0.2) is 84.6 Å². The molecule has 1 unspecified atom stereocenters. The molecule has 0 bridgehead atoms. The van der Waals surface area contributed by atoms with Crippen LogP contribution in [0.25, 0.3) is 0 Å². The van der Waals surface area contributed by atoms with Crippen LogP contribution in [-0.2, 0) is 0 Å². The summed E-state index contributed by atoms with van der Waals surface area (Å²) in [5.41, 5.74) is 0. The molecule has 4 heteroatoms. The SMILES string of the molecule is C1CC2CN(CCN3CCSCC3)CCCN2C1. The molecule has 0 aromatic rings. The largest absolute Gasteiger partial charge is 0.300 e. The first-order chi connectivity index (χ1) is 8.92. The lowest BCUT2D eigenvalue weighted by Gasteiger charge is -2.30. The van der Waals surface area contributed by atoms with Crippen molar-refractivity contribution in [1.29, 1.82) is 0 Å². The summed E-state index contributed by atoms with van der Waals surface area (Å²) >= 11 is 2.11. The summed E-state index contributed by atoms with van der Waals surface area (Å²) in [6, 6.07) is 0.879. The molecule has 0 spiro atoms. The van der Waals surface area contributed by atoms with E-state index in [1.54, 1.807) is 0 Å². The average Bonchev–Trinajstić information content (AvgIpc) is 2.76. The standard InChI is InChI=1S/C14H27N3S/c1-3-14-13-16(4-2-6-17(14)5-1)8-7-15-9-11-18-12-10-15/h14H,1-13H2. The van der Waals surface area contributed by atoms with Crippen molar-refractivity contribution in [3.8, 4) is 0 Å². The van der Waals surface area contributed by atoms with E-state index in [0.29, 0.717) is 0 Å². The summed E-state index contributed by atoms with van der Waals surface area (Å²) < 4.78 is 0. The van der Waals surface area contributed by atoms with Crippen molar-refractivity contribution in [3.63, 3.8) is 0 Å². The third-order valence-corrected chi connectivity index (χ3v) is 5.67. The second-order valence-electron chi connectivity index (χ2n) is 5.94. The van der Waals surface area contributed by atoms with Gasteiger partial charge in [-0.2, -0.15) is 11.8 Å². The van der Waals surface area contributed by atoms with Crippen molar-refractivity contribution < 1.29 is 0 Å². The highest BCUT2D eigenvalue weighted by Crippen LogP contribution is 2.21. The Morgan fingerprint density at radius 3 is 2.50 bits per heavy atom. The maximum atomic E-state index is 2.73. The first-order valence-electron chi connectivity index (χ1n) is 7.68. The van der Waals surface area contributed by atoms with E-state index < -0.39 is 0 Å². The zero-order chi connectivity index (χ0) is 12.2. The number of thioether (sulfide) groups is 1. The van der Waals surface area contributed by atoms with Crippen molar-refractivity contribution in [3.05, 3.63) is 0 Å². The minimum atomic E-state index is 0.879. The van der Waals surface area contributed by atoms with Gasteiger partial charge in [-0.3, -0.25) is 4.90 Å². The van der Waals surface area contributed by atoms with E-state index in [1.807, 2.05) is 0 Å². The molecule has 104 valence electrons. The maximum Gasteiger partial charge on any atom is 0.0223 e. The van der Waals surface area contributed by atoms with Crippen LogP contribution in [0.4, 0.5) is 0 Å². The second kappa shape index (κ2) is 6.60. The highest BCUT2D eigenvalue weighted by Gasteiger charge is 2.28. The van der Waals surface area contributed by atoms with Gasteiger partial charge in [-0.15, -0.1) is 0 Å². The van der Waals surface area contributed by atoms with Gasteiger partial charge in [0, 0.05) is 50.3 Å². The van der Waals surface area contributed by atoms with Gasteiger partial charge < -0.3 is 9.80 Å². The van der Waals surface area contributed by atoms with Crippen LogP contribution in [0.2, 0.25) is 0 Å². The first kappa shape index (κ1) is 13.2. The van der Waals surface area contributed by atoms with Crippen LogP contribution < -0.4 is 0 Å². The van der Waals surface area contributed by atoms with E-state index in [9.17, 15) is 0 Å². The van der Waals surface area contributed by atoms with E-state index in [1.165, 1.54) is 83.1 Å². The molecule has 3 heterocycles. The molecule has 3 aliphatic rings. The minimum absolute atomic E-state index is 0.879. The molecule has 3 saturated heterocycles. The van der Waals surface area contributed by atoms with Gasteiger partial charge in [0.05, 0.1) is 0 Å². The lowest BCUT2D eigenvalue weighted by Crippen LogP contribution is -2.42. The number of nitrogens with zero attached hydrogens (tertiary/aromatic N) is 3. The Morgan fingerprint density at radius 1 is 0.833 bits per heavy atom. The van der Waals surface area contributed by atoms with Gasteiger partial charge in [-0.1, -0.05) is 0 Å². The fourth-order valence-electron chi connectivity index (χ4n) is 3.59. The molecule has 3 rings (SSSR count). The Hall–Kier alpha value is 0.230. The van der Waals surface area contributed by atoms with E-state index in [0.717, 1.165) is 6.04 Å². The van der Waals surface area contributed by atoms with Gasteiger partial charge in [0.2, 0.25) is 0 Å². The van der Waals surface area contributed by atoms with Crippen molar-refractivity contribution in [2.75, 3.05) is 63.9 Å². The smallest absolute Gasteiger partial charge is 0.0223 e.